The summed E-state index contributed by atoms with van der Waals surface area (Å²) < 4.78 is 12.8. The predicted molar refractivity (Wildman–Crippen MR) is 75.3 cm³/mol. The smallest absolute Gasteiger partial charge is 0.123 e. The molecule has 2 atom stereocenters. The Labute approximate surface area is 115 Å². The van der Waals surface area contributed by atoms with Crippen molar-refractivity contribution < 1.29 is 4.39 Å². The highest BCUT2D eigenvalue weighted by Crippen LogP contribution is 2.23. The normalized spacial score (nSPS) is 24.6. The topological polar surface area (TPSA) is 29.3 Å². The first-order valence-corrected chi connectivity index (χ1v) is 6.37. The minimum Gasteiger partial charge on any atom is -0.329 e. The van der Waals surface area contributed by atoms with Gasteiger partial charge in [-0.3, -0.25) is 4.90 Å². The number of halogens is 2. The second-order valence-electron chi connectivity index (χ2n) is 5.12. The number of hydrogen-bond acceptors (Lipinski definition) is 2. The van der Waals surface area contributed by atoms with Crippen molar-refractivity contribution >= 4 is 12.4 Å². The summed E-state index contributed by atoms with van der Waals surface area (Å²) >= 11 is 0. The number of piperidine rings is 1. The van der Waals surface area contributed by atoms with Crippen LogP contribution >= 0.6 is 12.4 Å². The molecule has 0 amide bonds. The van der Waals surface area contributed by atoms with Crippen molar-refractivity contribution in [3.63, 3.8) is 0 Å². The second-order valence-corrected chi connectivity index (χ2v) is 5.12. The van der Waals surface area contributed by atoms with Crippen molar-refractivity contribution in [3.8, 4) is 0 Å². The lowest BCUT2D eigenvalue weighted by Crippen LogP contribution is -2.45. The van der Waals surface area contributed by atoms with Crippen LogP contribution in [0.3, 0.4) is 0 Å². The summed E-state index contributed by atoms with van der Waals surface area (Å²) in [5, 5.41) is 0. The van der Waals surface area contributed by atoms with Crippen LogP contribution in [-0.2, 0) is 6.54 Å². The first-order chi connectivity index (χ1) is 8.19. The molecular formula is C14H22ClFN2. The summed E-state index contributed by atoms with van der Waals surface area (Å²) in [6.45, 7) is 4.98. The number of rotatable bonds is 3. The van der Waals surface area contributed by atoms with E-state index in [1.54, 1.807) is 0 Å². The SMILES string of the molecule is CC1CCN(Cc2ccc(F)cc2)C(CN)C1.Cl. The maximum atomic E-state index is 12.8. The van der Waals surface area contributed by atoms with Gasteiger partial charge in [0, 0.05) is 19.1 Å². The van der Waals surface area contributed by atoms with Crippen molar-refractivity contribution in [2.75, 3.05) is 13.1 Å². The van der Waals surface area contributed by atoms with E-state index in [0.29, 0.717) is 12.6 Å². The number of nitrogens with two attached hydrogens (primary N) is 1. The molecule has 1 heterocycles. The Morgan fingerprint density at radius 2 is 2.00 bits per heavy atom. The number of likely N-dealkylation sites (tertiary alicyclic amines) is 1. The molecule has 1 aromatic rings. The average Bonchev–Trinajstić information content (AvgIpc) is 2.34. The molecule has 2 nitrogen and oxygen atoms in total. The van der Waals surface area contributed by atoms with E-state index in [-0.39, 0.29) is 18.2 Å². The van der Waals surface area contributed by atoms with Crippen LogP contribution in [0, 0.1) is 11.7 Å². The van der Waals surface area contributed by atoms with Gasteiger partial charge in [-0.2, -0.15) is 0 Å². The molecule has 0 radical (unpaired) electrons. The summed E-state index contributed by atoms with van der Waals surface area (Å²) in [7, 11) is 0. The highest BCUT2D eigenvalue weighted by Gasteiger charge is 2.24. The summed E-state index contributed by atoms with van der Waals surface area (Å²) in [6.07, 6.45) is 2.41. The summed E-state index contributed by atoms with van der Waals surface area (Å²) in [4.78, 5) is 2.42. The van der Waals surface area contributed by atoms with Crippen molar-refractivity contribution in [1.82, 2.24) is 4.90 Å². The Bertz CT molecular complexity index is 355. The molecule has 2 rings (SSSR count). The molecule has 1 aliphatic heterocycles. The molecule has 1 fully saturated rings. The van der Waals surface area contributed by atoms with Crippen LogP contribution in [-0.4, -0.2) is 24.0 Å². The molecule has 1 aliphatic rings. The van der Waals surface area contributed by atoms with Crippen LogP contribution in [0.2, 0.25) is 0 Å². The molecule has 1 saturated heterocycles. The molecule has 1 aromatic carbocycles. The molecular weight excluding hydrogens is 251 g/mol. The minimum absolute atomic E-state index is 0. The van der Waals surface area contributed by atoms with E-state index in [1.807, 2.05) is 12.1 Å². The molecule has 18 heavy (non-hydrogen) atoms. The summed E-state index contributed by atoms with van der Waals surface area (Å²) in [6, 6.07) is 7.25. The molecule has 0 saturated carbocycles. The first-order valence-electron chi connectivity index (χ1n) is 6.37. The fourth-order valence-corrected chi connectivity index (χ4v) is 2.58. The summed E-state index contributed by atoms with van der Waals surface area (Å²) in [5.74, 6) is 0.601. The van der Waals surface area contributed by atoms with Crippen molar-refractivity contribution in [3.05, 3.63) is 35.6 Å². The van der Waals surface area contributed by atoms with Gasteiger partial charge in [0.15, 0.2) is 0 Å². The van der Waals surface area contributed by atoms with Crippen LogP contribution in [0.15, 0.2) is 24.3 Å². The van der Waals surface area contributed by atoms with E-state index >= 15 is 0 Å². The second kappa shape index (κ2) is 7.07. The third kappa shape index (κ3) is 3.94. The van der Waals surface area contributed by atoms with E-state index in [0.717, 1.165) is 19.0 Å². The Balaban J connectivity index is 0.00000162. The van der Waals surface area contributed by atoms with E-state index in [9.17, 15) is 4.39 Å². The van der Waals surface area contributed by atoms with Gasteiger partial charge in [0.2, 0.25) is 0 Å². The van der Waals surface area contributed by atoms with Gasteiger partial charge in [-0.15, -0.1) is 12.4 Å². The van der Waals surface area contributed by atoms with Gasteiger partial charge >= 0.3 is 0 Å². The van der Waals surface area contributed by atoms with Crippen molar-refractivity contribution in [2.24, 2.45) is 11.7 Å². The zero-order chi connectivity index (χ0) is 12.3. The third-order valence-electron chi connectivity index (χ3n) is 3.67. The van der Waals surface area contributed by atoms with Crippen LogP contribution in [0.4, 0.5) is 4.39 Å². The summed E-state index contributed by atoms with van der Waals surface area (Å²) in [5.41, 5.74) is 7.00. The Morgan fingerprint density at radius 3 is 2.61 bits per heavy atom. The monoisotopic (exact) mass is 272 g/mol. The van der Waals surface area contributed by atoms with E-state index in [4.69, 9.17) is 5.73 Å². The van der Waals surface area contributed by atoms with Gasteiger partial charge in [-0.25, -0.2) is 4.39 Å². The lowest BCUT2D eigenvalue weighted by atomic mass is 9.92. The van der Waals surface area contributed by atoms with Gasteiger partial charge in [0.25, 0.3) is 0 Å². The molecule has 4 heteroatoms. The fraction of sp³-hybridized carbons (Fsp3) is 0.571. The largest absolute Gasteiger partial charge is 0.329 e. The van der Waals surface area contributed by atoms with Crippen LogP contribution in [0.1, 0.15) is 25.3 Å². The van der Waals surface area contributed by atoms with Crippen LogP contribution < -0.4 is 5.73 Å². The quantitative estimate of drug-likeness (QED) is 0.917. The number of benzene rings is 1. The average molecular weight is 273 g/mol. The standard InChI is InChI=1S/C14H21FN2.ClH/c1-11-6-7-17(14(8-11)9-16)10-12-2-4-13(15)5-3-12;/h2-5,11,14H,6-10,16H2,1H3;1H. The van der Waals surface area contributed by atoms with Gasteiger partial charge < -0.3 is 5.73 Å². The maximum absolute atomic E-state index is 12.8. The first kappa shape index (κ1) is 15.4. The molecule has 0 aromatic heterocycles. The Kier molecular flexibility index (Phi) is 6.06. The van der Waals surface area contributed by atoms with Crippen LogP contribution in [0.25, 0.3) is 0 Å². The Hall–Kier alpha value is -0.640. The molecule has 2 unspecified atom stereocenters. The van der Waals surface area contributed by atoms with Gasteiger partial charge in [-0.1, -0.05) is 19.1 Å². The zero-order valence-corrected chi connectivity index (χ0v) is 11.6. The highest BCUT2D eigenvalue weighted by molar-refractivity contribution is 5.85. The molecule has 0 aliphatic carbocycles. The molecule has 102 valence electrons. The van der Waals surface area contributed by atoms with E-state index in [2.05, 4.69) is 11.8 Å². The third-order valence-corrected chi connectivity index (χ3v) is 3.67. The molecule has 2 N–H and O–H groups in total. The number of hydrogen-bond donors (Lipinski definition) is 1. The minimum atomic E-state index is -0.170. The van der Waals surface area contributed by atoms with E-state index in [1.165, 1.54) is 30.5 Å². The van der Waals surface area contributed by atoms with Gasteiger partial charge in [-0.05, 0) is 43.0 Å². The van der Waals surface area contributed by atoms with Crippen molar-refractivity contribution in [2.45, 2.75) is 32.4 Å². The van der Waals surface area contributed by atoms with Crippen LogP contribution in [0.5, 0.6) is 0 Å². The maximum Gasteiger partial charge on any atom is 0.123 e. The Morgan fingerprint density at radius 1 is 1.33 bits per heavy atom. The lowest BCUT2D eigenvalue weighted by Gasteiger charge is -2.38. The molecule has 0 spiro atoms. The van der Waals surface area contributed by atoms with Gasteiger partial charge in [0.1, 0.15) is 5.82 Å². The zero-order valence-electron chi connectivity index (χ0n) is 10.8. The fourth-order valence-electron chi connectivity index (χ4n) is 2.58. The van der Waals surface area contributed by atoms with Crippen molar-refractivity contribution in [1.29, 1.82) is 0 Å². The van der Waals surface area contributed by atoms with Gasteiger partial charge in [0.05, 0.1) is 0 Å². The predicted octanol–water partition coefficient (Wildman–Crippen LogP) is 2.81. The highest BCUT2D eigenvalue weighted by atomic mass is 35.5. The van der Waals surface area contributed by atoms with E-state index < -0.39 is 0 Å². The number of nitrogens with zero attached hydrogens (tertiary/aromatic N) is 1. The molecule has 0 bridgehead atoms. The lowest BCUT2D eigenvalue weighted by molar-refractivity contribution is 0.115.